The molecule has 0 radical (unpaired) electrons. The van der Waals surface area contributed by atoms with E-state index in [1.807, 2.05) is 37.3 Å². The number of furan rings is 1. The highest BCUT2D eigenvalue weighted by Gasteiger charge is 2.48. The van der Waals surface area contributed by atoms with Gasteiger partial charge in [0.05, 0.1) is 13.2 Å². The van der Waals surface area contributed by atoms with Crippen LogP contribution in [0.5, 0.6) is 5.75 Å². The topological polar surface area (TPSA) is 71.8 Å². The predicted molar refractivity (Wildman–Crippen MR) is 109 cm³/mol. The molecule has 2 amide bonds. The summed E-state index contributed by atoms with van der Waals surface area (Å²) in [7, 11) is 1.59. The molecule has 2 aromatic rings. The van der Waals surface area contributed by atoms with Crippen molar-refractivity contribution in [1.82, 2.24) is 10.2 Å². The van der Waals surface area contributed by atoms with Gasteiger partial charge in [-0.3, -0.25) is 9.59 Å². The molecule has 1 aromatic heterocycles. The molecule has 8 heteroatoms. The smallest absolute Gasteiger partial charge is 0.249 e. The van der Waals surface area contributed by atoms with E-state index in [-0.39, 0.29) is 24.9 Å². The van der Waals surface area contributed by atoms with Gasteiger partial charge in [0.2, 0.25) is 17.7 Å². The average Bonchev–Trinajstić information content (AvgIpc) is 3.11. The van der Waals surface area contributed by atoms with E-state index >= 15 is 0 Å². The number of carbonyl (C=O) groups excluding carboxylic acids is 2. The molecule has 0 spiro atoms. The first-order chi connectivity index (χ1) is 14.8. The third-order valence-corrected chi connectivity index (χ3v) is 5.98. The average molecular weight is 432 g/mol. The summed E-state index contributed by atoms with van der Waals surface area (Å²) in [6, 6.07) is 9.22. The largest absolute Gasteiger partial charge is 0.497 e. The van der Waals surface area contributed by atoms with Gasteiger partial charge in [-0.2, -0.15) is 0 Å². The second kappa shape index (κ2) is 8.32. The van der Waals surface area contributed by atoms with Crippen LogP contribution in [-0.2, 0) is 16.0 Å². The molecule has 1 atom stereocenters. The van der Waals surface area contributed by atoms with E-state index < -0.39 is 30.6 Å². The van der Waals surface area contributed by atoms with Gasteiger partial charge in [0.15, 0.2) is 0 Å². The van der Waals surface area contributed by atoms with E-state index in [9.17, 15) is 18.4 Å². The van der Waals surface area contributed by atoms with E-state index in [4.69, 9.17) is 9.15 Å². The number of amides is 2. The molecule has 1 aliphatic carbocycles. The Kier molecular flexibility index (Phi) is 5.73. The molecule has 2 heterocycles. The number of hydrogen-bond donors (Lipinski definition) is 1. The van der Waals surface area contributed by atoms with E-state index in [0.717, 1.165) is 22.6 Å². The van der Waals surface area contributed by atoms with E-state index in [2.05, 4.69) is 5.32 Å². The SMILES string of the molecule is COc1cccc(C2c3cc(C)oc3CCN2C(=O)CCNC(=O)C2CC(F)(F)C2)c1. The third-order valence-electron chi connectivity index (χ3n) is 5.98. The first-order valence-electron chi connectivity index (χ1n) is 10.5. The Morgan fingerprint density at radius 2 is 2.06 bits per heavy atom. The molecule has 1 N–H and O–H groups in total. The van der Waals surface area contributed by atoms with Crippen LogP contribution in [0.4, 0.5) is 8.78 Å². The number of benzene rings is 1. The summed E-state index contributed by atoms with van der Waals surface area (Å²) < 4.78 is 37.1. The lowest BCUT2D eigenvalue weighted by molar-refractivity contribution is -0.150. The molecule has 1 aromatic carbocycles. The molecule has 4 rings (SSSR count). The number of halogens is 2. The summed E-state index contributed by atoms with van der Waals surface area (Å²) >= 11 is 0. The van der Waals surface area contributed by atoms with Gasteiger partial charge in [-0.15, -0.1) is 0 Å². The van der Waals surface area contributed by atoms with Crippen molar-refractivity contribution in [1.29, 1.82) is 0 Å². The number of ether oxygens (including phenoxy) is 1. The summed E-state index contributed by atoms with van der Waals surface area (Å²) in [5, 5.41) is 2.63. The molecular weight excluding hydrogens is 406 g/mol. The van der Waals surface area contributed by atoms with Crippen LogP contribution >= 0.6 is 0 Å². The van der Waals surface area contributed by atoms with Gasteiger partial charge in [0.25, 0.3) is 0 Å². The van der Waals surface area contributed by atoms with Crippen molar-refractivity contribution in [3.63, 3.8) is 0 Å². The van der Waals surface area contributed by atoms with Crippen molar-refractivity contribution in [3.8, 4) is 5.75 Å². The van der Waals surface area contributed by atoms with Crippen molar-refractivity contribution in [3.05, 3.63) is 53.0 Å². The van der Waals surface area contributed by atoms with Gasteiger partial charge in [-0.05, 0) is 30.7 Å². The Morgan fingerprint density at radius 1 is 1.29 bits per heavy atom. The minimum Gasteiger partial charge on any atom is -0.497 e. The van der Waals surface area contributed by atoms with Crippen LogP contribution in [0.3, 0.4) is 0 Å². The molecule has 2 aliphatic rings. The number of rotatable bonds is 6. The van der Waals surface area contributed by atoms with Crippen molar-refractivity contribution >= 4 is 11.8 Å². The van der Waals surface area contributed by atoms with E-state index in [1.165, 1.54) is 0 Å². The molecular formula is C23H26F2N2O4. The molecule has 0 saturated heterocycles. The molecule has 6 nitrogen and oxygen atoms in total. The van der Waals surface area contributed by atoms with Crippen molar-refractivity contribution < 1.29 is 27.5 Å². The zero-order valence-electron chi connectivity index (χ0n) is 17.6. The number of nitrogens with zero attached hydrogens (tertiary/aromatic N) is 1. The van der Waals surface area contributed by atoms with Crippen LogP contribution in [0.15, 0.2) is 34.7 Å². The lowest BCUT2D eigenvalue weighted by Crippen LogP contribution is -2.46. The van der Waals surface area contributed by atoms with Crippen molar-refractivity contribution in [2.45, 2.75) is 44.6 Å². The van der Waals surface area contributed by atoms with Crippen molar-refractivity contribution in [2.24, 2.45) is 5.92 Å². The molecule has 1 saturated carbocycles. The van der Waals surface area contributed by atoms with Gasteiger partial charge in [-0.25, -0.2) is 8.78 Å². The second-order valence-electron chi connectivity index (χ2n) is 8.25. The summed E-state index contributed by atoms with van der Waals surface area (Å²) in [4.78, 5) is 26.9. The number of alkyl halides is 2. The third kappa shape index (κ3) is 4.43. The van der Waals surface area contributed by atoms with E-state index in [0.29, 0.717) is 18.7 Å². The summed E-state index contributed by atoms with van der Waals surface area (Å²) in [6.45, 7) is 2.49. The van der Waals surface area contributed by atoms with Gasteiger partial charge >= 0.3 is 0 Å². The minimum absolute atomic E-state index is 0.0987. The number of carbonyl (C=O) groups is 2. The fraction of sp³-hybridized carbons (Fsp3) is 0.478. The maximum atomic E-state index is 13.1. The summed E-state index contributed by atoms with van der Waals surface area (Å²) in [6.07, 6.45) is -0.126. The molecule has 0 bridgehead atoms. The van der Waals surface area contributed by atoms with Gasteiger partial charge in [-0.1, -0.05) is 12.1 Å². The van der Waals surface area contributed by atoms with Crippen LogP contribution in [0.2, 0.25) is 0 Å². The quantitative estimate of drug-likeness (QED) is 0.757. The lowest BCUT2D eigenvalue weighted by atomic mass is 9.81. The highest BCUT2D eigenvalue weighted by atomic mass is 19.3. The number of fused-ring (bicyclic) bond motifs is 1. The van der Waals surface area contributed by atoms with Crippen LogP contribution < -0.4 is 10.1 Å². The highest BCUT2D eigenvalue weighted by molar-refractivity contribution is 5.82. The van der Waals surface area contributed by atoms with Crippen LogP contribution in [0, 0.1) is 12.8 Å². The van der Waals surface area contributed by atoms with Crippen molar-refractivity contribution in [2.75, 3.05) is 20.2 Å². The molecule has 31 heavy (non-hydrogen) atoms. The fourth-order valence-electron chi connectivity index (χ4n) is 4.39. The Morgan fingerprint density at radius 3 is 2.77 bits per heavy atom. The summed E-state index contributed by atoms with van der Waals surface area (Å²) in [5.74, 6) is -1.57. The first-order valence-corrected chi connectivity index (χ1v) is 10.5. The number of aryl methyl sites for hydroxylation is 1. The number of nitrogens with one attached hydrogen (secondary N) is 1. The first kappa shape index (κ1) is 21.3. The number of methoxy groups -OCH3 is 1. The van der Waals surface area contributed by atoms with Gasteiger partial charge in [0, 0.05) is 50.3 Å². The lowest BCUT2D eigenvalue weighted by Gasteiger charge is -2.36. The van der Waals surface area contributed by atoms with Crippen LogP contribution in [-0.4, -0.2) is 42.8 Å². The van der Waals surface area contributed by atoms with Crippen LogP contribution in [0.1, 0.15) is 48.0 Å². The maximum Gasteiger partial charge on any atom is 0.249 e. The zero-order valence-corrected chi connectivity index (χ0v) is 17.6. The maximum absolute atomic E-state index is 13.1. The molecule has 1 unspecified atom stereocenters. The normalized spacial score (nSPS) is 20.0. The minimum atomic E-state index is -2.74. The Labute approximate surface area is 179 Å². The monoisotopic (exact) mass is 432 g/mol. The number of hydrogen-bond acceptors (Lipinski definition) is 4. The Balaban J connectivity index is 1.46. The Bertz CT molecular complexity index is 980. The fourth-order valence-corrected chi connectivity index (χ4v) is 4.39. The molecule has 166 valence electrons. The van der Waals surface area contributed by atoms with Gasteiger partial charge in [0.1, 0.15) is 17.3 Å². The zero-order chi connectivity index (χ0) is 22.2. The van der Waals surface area contributed by atoms with Crippen LogP contribution in [0.25, 0.3) is 0 Å². The predicted octanol–water partition coefficient (Wildman–Crippen LogP) is 3.62. The van der Waals surface area contributed by atoms with E-state index in [1.54, 1.807) is 12.0 Å². The summed E-state index contributed by atoms with van der Waals surface area (Å²) in [5.41, 5.74) is 1.86. The molecule has 1 fully saturated rings. The van der Waals surface area contributed by atoms with Gasteiger partial charge < -0.3 is 19.4 Å². The highest BCUT2D eigenvalue weighted by Crippen LogP contribution is 2.42. The molecule has 1 aliphatic heterocycles. The standard InChI is InChI=1S/C23H26F2N2O4/c1-14-10-18-19(31-14)7-9-27(21(18)15-4-3-5-17(11-15)30-2)20(28)6-8-26-22(29)16-12-23(24,25)13-16/h3-5,10-11,16,21H,6-9,12-13H2,1-2H3,(H,26,29). The Hall–Kier alpha value is -2.90. The second-order valence-corrected chi connectivity index (χ2v) is 8.25.